The Hall–Kier alpha value is -1.16. The van der Waals surface area contributed by atoms with Crippen molar-refractivity contribution in [3.8, 4) is 0 Å². The van der Waals surface area contributed by atoms with Crippen LogP contribution in [0.3, 0.4) is 0 Å². The molecule has 4 nitrogen and oxygen atoms in total. The average Bonchev–Trinajstić information content (AvgIpc) is 1.97. The SMILES string of the molecule is O=C/C=C/C(O)CCC(=O)O. The predicted molar refractivity (Wildman–Crippen MR) is 38.1 cm³/mol. The topological polar surface area (TPSA) is 74.6 Å². The normalized spacial score (nSPS) is 13.2. The fourth-order valence-electron chi connectivity index (χ4n) is 0.541. The Bertz CT molecular complexity index is 162. The van der Waals surface area contributed by atoms with E-state index in [1.54, 1.807) is 0 Å². The number of aliphatic carboxylic acids is 1. The van der Waals surface area contributed by atoms with Crippen molar-refractivity contribution in [2.24, 2.45) is 0 Å². The van der Waals surface area contributed by atoms with Gasteiger partial charge in [0.1, 0.15) is 6.29 Å². The number of carbonyl (C=O) groups excluding carboxylic acids is 1. The van der Waals surface area contributed by atoms with E-state index < -0.39 is 12.1 Å². The fraction of sp³-hybridized carbons (Fsp3) is 0.429. The van der Waals surface area contributed by atoms with Gasteiger partial charge in [0.25, 0.3) is 0 Å². The lowest BCUT2D eigenvalue weighted by Crippen LogP contribution is -2.05. The third-order valence-electron chi connectivity index (χ3n) is 1.07. The van der Waals surface area contributed by atoms with Gasteiger partial charge < -0.3 is 10.2 Å². The molecule has 1 unspecified atom stereocenters. The zero-order valence-corrected chi connectivity index (χ0v) is 5.93. The highest BCUT2D eigenvalue weighted by atomic mass is 16.4. The largest absolute Gasteiger partial charge is 0.481 e. The summed E-state index contributed by atoms with van der Waals surface area (Å²) in [6.07, 6.45) is 2.15. The Morgan fingerprint density at radius 1 is 1.55 bits per heavy atom. The number of allylic oxidation sites excluding steroid dienone is 1. The molecule has 11 heavy (non-hydrogen) atoms. The molecular formula is C7H10O4. The first-order valence-corrected chi connectivity index (χ1v) is 3.18. The molecule has 0 aromatic rings. The van der Waals surface area contributed by atoms with Crippen molar-refractivity contribution >= 4 is 12.3 Å². The summed E-state index contributed by atoms with van der Waals surface area (Å²) in [6.45, 7) is 0. The summed E-state index contributed by atoms with van der Waals surface area (Å²) in [4.78, 5) is 19.7. The molecule has 0 heterocycles. The number of rotatable bonds is 5. The number of aliphatic hydroxyl groups excluding tert-OH is 1. The van der Waals surface area contributed by atoms with E-state index in [0.717, 1.165) is 6.08 Å². The van der Waals surface area contributed by atoms with Crippen molar-refractivity contribution in [1.82, 2.24) is 0 Å². The van der Waals surface area contributed by atoms with E-state index in [1.165, 1.54) is 6.08 Å². The van der Waals surface area contributed by atoms with Crippen molar-refractivity contribution in [2.75, 3.05) is 0 Å². The number of hydrogen-bond acceptors (Lipinski definition) is 3. The Balaban J connectivity index is 3.51. The second-order valence-corrected chi connectivity index (χ2v) is 2.02. The fourth-order valence-corrected chi connectivity index (χ4v) is 0.541. The highest BCUT2D eigenvalue weighted by molar-refractivity contribution is 5.67. The van der Waals surface area contributed by atoms with E-state index in [1.807, 2.05) is 0 Å². The second-order valence-electron chi connectivity index (χ2n) is 2.02. The molecule has 0 spiro atoms. The lowest BCUT2D eigenvalue weighted by Gasteiger charge is -2.00. The van der Waals surface area contributed by atoms with Crippen molar-refractivity contribution in [3.05, 3.63) is 12.2 Å². The summed E-state index contributed by atoms with van der Waals surface area (Å²) in [5.74, 6) is -0.955. The number of carboxylic acids is 1. The number of carboxylic acid groups (broad SMARTS) is 1. The molecule has 0 aliphatic rings. The van der Waals surface area contributed by atoms with Crippen LogP contribution in [0.15, 0.2) is 12.2 Å². The molecule has 0 radical (unpaired) electrons. The summed E-state index contributed by atoms with van der Waals surface area (Å²) < 4.78 is 0. The van der Waals surface area contributed by atoms with Gasteiger partial charge in [-0.05, 0) is 12.5 Å². The molecule has 4 heteroatoms. The number of hydrogen-bond donors (Lipinski definition) is 2. The van der Waals surface area contributed by atoms with Crippen molar-refractivity contribution in [1.29, 1.82) is 0 Å². The van der Waals surface area contributed by atoms with Gasteiger partial charge in [0, 0.05) is 6.42 Å². The molecule has 0 aliphatic carbocycles. The van der Waals surface area contributed by atoms with E-state index in [9.17, 15) is 9.59 Å². The highest BCUT2D eigenvalue weighted by Gasteiger charge is 2.02. The number of aldehydes is 1. The van der Waals surface area contributed by atoms with Crippen LogP contribution in [0.5, 0.6) is 0 Å². The van der Waals surface area contributed by atoms with Crippen LogP contribution in [0.2, 0.25) is 0 Å². The standard InChI is InChI=1S/C7H10O4/c8-5-1-2-6(9)3-4-7(10)11/h1-2,5-6,9H,3-4H2,(H,10,11)/b2-1+. The zero-order valence-electron chi connectivity index (χ0n) is 5.93. The van der Waals surface area contributed by atoms with E-state index in [4.69, 9.17) is 10.2 Å². The van der Waals surface area contributed by atoms with E-state index in [-0.39, 0.29) is 12.8 Å². The molecule has 1 atom stereocenters. The van der Waals surface area contributed by atoms with Crippen LogP contribution in [-0.4, -0.2) is 28.6 Å². The maximum atomic E-state index is 9.97. The summed E-state index contributed by atoms with van der Waals surface area (Å²) >= 11 is 0. The van der Waals surface area contributed by atoms with Gasteiger partial charge in [-0.15, -0.1) is 0 Å². The molecule has 0 aliphatic heterocycles. The quantitative estimate of drug-likeness (QED) is 0.435. The van der Waals surface area contributed by atoms with Crippen LogP contribution < -0.4 is 0 Å². The molecule has 0 saturated carbocycles. The molecular weight excluding hydrogens is 148 g/mol. The van der Waals surface area contributed by atoms with Crippen LogP contribution in [0.1, 0.15) is 12.8 Å². The number of aliphatic hydroxyl groups is 1. The van der Waals surface area contributed by atoms with Gasteiger partial charge >= 0.3 is 5.97 Å². The smallest absolute Gasteiger partial charge is 0.303 e. The van der Waals surface area contributed by atoms with E-state index in [0.29, 0.717) is 6.29 Å². The minimum absolute atomic E-state index is 0.0929. The predicted octanol–water partition coefficient (Wildman–Crippen LogP) is -0.0328. The van der Waals surface area contributed by atoms with Crippen LogP contribution >= 0.6 is 0 Å². The Kier molecular flexibility index (Phi) is 5.02. The molecule has 0 aromatic carbocycles. The molecule has 0 amide bonds. The molecule has 62 valence electrons. The van der Waals surface area contributed by atoms with Gasteiger partial charge in [-0.1, -0.05) is 6.08 Å². The Morgan fingerprint density at radius 3 is 2.64 bits per heavy atom. The Labute approximate surface area is 64.2 Å². The van der Waals surface area contributed by atoms with Crippen LogP contribution in [0.25, 0.3) is 0 Å². The van der Waals surface area contributed by atoms with E-state index >= 15 is 0 Å². The summed E-state index contributed by atoms with van der Waals surface area (Å²) in [5, 5.41) is 17.1. The summed E-state index contributed by atoms with van der Waals surface area (Å²) in [6, 6.07) is 0. The zero-order chi connectivity index (χ0) is 8.69. The van der Waals surface area contributed by atoms with Crippen molar-refractivity contribution in [3.63, 3.8) is 0 Å². The van der Waals surface area contributed by atoms with Crippen molar-refractivity contribution in [2.45, 2.75) is 18.9 Å². The lowest BCUT2D eigenvalue weighted by atomic mass is 10.2. The molecule has 0 fully saturated rings. The third-order valence-corrected chi connectivity index (χ3v) is 1.07. The van der Waals surface area contributed by atoms with Gasteiger partial charge in [-0.2, -0.15) is 0 Å². The minimum Gasteiger partial charge on any atom is -0.481 e. The van der Waals surface area contributed by atoms with Crippen LogP contribution in [0.4, 0.5) is 0 Å². The van der Waals surface area contributed by atoms with Crippen LogP contribution in [0, 0.1) is 0 Å². The second kappa shape index (κ2) is 5.61. The van der Waals surface area contributed by atoms with E-state index in [2.05, 4.69) is 0 Å². The highest BCUT2D eigenvalue weighted by Crippen LogP contribution is 1.97. The average molecular weight is 158 g/mol. The number of carbonyl (C=O) groups is 2. The molecule has 0 aromatic heterocycles. The molecule has 0 saturated heterocycles. The third kappa shape index (κ3) is 6.73. The Morgan fingerprint density at radius 2 is 2.18 bits per heavy atom. The first-order valence-electron chi connectivity index (χ1n) is 3.18. The van der Waals surface area contributed by atoms with Gasteiger partial charge in [-0.3, -0.25) is 9.59 Å². The maximum Gasteiger partial charge on any atom is 0.303 e. The summed E-state index contributed by atoms with van der Waals surface area (Å²) in [5.41, 5.74) is 0. The van der Waals surface area contributed by atoms with Gasteiger partial charge in [0.05, 0.1) is 6.10 Å². The minimum atomic E-state index is -0.955. The summed E-state index contributed by atoms with van der Waals surface area (Å²) in [7, 11) is 0. The molecule has 0 bridgehead atoms. The van der Waals surface area contributed by atoms with Crippen LogP contribution in [-0.2, 0) is 9.59 Å². The first-order chi connectivity index (χ1) is 5.16. The van der Waals surface area contributed by atoms with Gasteiger partial charge in [0.15, 0.2) is 0 Å². The van der Waals surface area contributed by atoms with Gasteiger partial charge in [0.2, 0.25) is 0 Å². The molecule has 0 rings (SSSR count). The monoisotopic (exact) mass is 158 g/mol. The lowest BCUT2D eigenvalue weighted by molar-refractivity contribution is -0.137. The molecule has 2 N–H and O–H groups in total. The van der Waals surface area contributed by atoms with Crippen molar-refractivity contribution < 1.29 is 19.8 Å². The van der Waals surface area contributed by atoms with Gasteiger partial charge in [-0.25, -0.2) is 0 Å². The first kappa shape index (κ1) is 9.84. The maximum absolute atomic E-state index is 9.97.